The molecule has 0 aliphatic heterocycles. The minimum atomic E-state index is -0.725. The van der Waals surface area contributed by atoms with Crippen LogP contribution >= 0.6 is 0 Å². The van der Waals surface area contributed by atoms with E-state index < -0.39 is 11.6 Å². The van der Waals surface area contributed by atoms with Gasteiger partial charge in [-0.05, 0) is 31.2 Å². The van der Waals surface area contributed by atoms with E-state index in [4.69, 9.17) is 9.15 Å². The third-order valence-electron chi connectivity index (χ3n) is 3.42. The normalized spacial score (nSPS) is 11.0. The molecule has 4 aromatic rings. The van der Waals surface area contributed by atoms with E-state index in [0.29, 0.717) is 11.4 Å². The number of carbonyl (C=O) groups is 1. The minimum absolute atomic E-state index is 0.105. The predicted octanol–water partition coefficient (Wildman–Crippen LogP) is 1.76. The molecule has 0 amide bonds. The molecule has 24 heavy (non-hydrogen) atoms. The molecule has 0 aliphatic carbocycles. The summed E-state index contributed by atoms with van der Waals surface area (Å²) in [7, 11) is 0. The van der Waals surface area contributed by atoms with E-state index in [2.05, 4.69) is 15.1 Å². The maximum Gasteiger partial charge on any atom is 0.383 e. The van der Waals surface area contributed by atoms with Crippen molar-refractivity contribution in [3.63, 3.8) is 0 Å². The fourth-order valence-corrected chi connectivity index (χ4v) is 2.25. The second-order valence-corrected chi connectivity index (χ2v) is 5.08. The Morgan fingerprint density at radius 2 is 2.04 bits per heavy atom. The van der Waals surface area contributed by atoms with Crippen LogP contribution in [-0.4, -0.2) is 25.6 Å². The maximum atomic E-state index is 12.2. The summed E-state index contributed by atoms with van der Waals surface area (Å²) in [5, 5.41) is 4.80. The highest BCUT2D eigenvalue weighted by Crippen LogP contribution is 2.20. The van der Waals surface area contributed by atoms with Crippen molar-refractivity contribution in [3.8, 4) is 5.75 Å². The van der Waals surface area contributed by atoms with Crippen LogP contribution in [0.2, 0.25) is 0 Å². The molecule has 118 valence electrons. The van der Waals surface area contributed by atoms with Gasteiger partial charge in [0.05, 0.1) is 0 Å². The highest BCUT2D eigenvalue weighted by atomic mass is 16.5. The molecule has 8 nitrogen and oxygen atoms in total. The lowest BCUT2D eigenvalue weighted by Gasteiger charge is -2.02. The molecule has 0 aliphatic rings. The Bertz CT molecular complexity index is 1150. The molecule has 0 saturated carbocycles. The number of esters is 1. The quantitative estimate of drug-likeness (QED) is 0.315. The zero-order valence-electron chi connectivity index (χ0n) is 12.5. The average Bonchev–Trinajstić information content (AvgIpc) is 3.00. The van der Waals surface area contributed by atoms with Gasteiger partial charge in [0.1, 0.15) is 11.3 Å². The van der Waals surface area contributed by atoms with Crippen molar-refractivity contribution >= 4 is 22.7 Å². The minimum Gasteiger partial charge on any atom is -0.423 e. The van der Waals surface area contributed by atoms with Gasteiger partial charge in [0.2, 0.25) is 0 Å². The van der Waals surface area contributed by atoms with E-state index in [0.717, 1.165) is 11.1 Å². The van der Waals surface area contributed by atoms with E-state index in [1.165, 1.54) is 16.6 Å². The number of ether oxygens (including phenoxy) is 1. The van der Waals surface area contributed by atoms with Crippen LogP contribution in [0.4, 0.5) is 0 Å². The Labute approximate surface area is 134 Å². The van der Waals surface area contributed by atoms with E-state index in [1.54, 1.807) is 30.5 Å². The average molecular weight is 322 g/mol. The molecule has 0 bridgehead atoms. The van der Waals surface area contributed by atoms with Gasteiger partial charge in [-0.25, -0.2) is 19.1 Å². The molecular formula is C16H10N4O4. The number of hydrogen-bond acceptors (Lipinski definition) is 7. The molecule has 0 N–H and O–H groups in total. The van der Waals surface area contributed by atoms with Crippen molar-refractivity contribution in [2.45, 2.75) is 6.92 Å². The molecule has 1 aromatic carbocycles. The largest absolute Gasteiger partial charge is 0.423 e. The van der Waals surface area contributed by atoms with Crippen molar-refractivity contribution in [3.05, 3.63) is 64.5 Å². The number of fused-ring (bicyclic) bond motifs is 2. The highest BCUT2D eigenvalue weighted by molar-refractivity contribution is 5.88. The summed E-state index contributed by atoms with van der Waals surface area (Å²) in [5.41, 5.74) is 0.641. The molecule has 3 heterocycles. The first-order valence-corrected chi connectivity index (χ1v) is 7.05. The van der Waals surface area contributed by atoms with Crippen LogP contribution in [0.25, 0.3) is 16.7 Å². The number of aromatic nitrogens is 4. The van der Waals surface area contributed by atoms with Crippen LogP contribution in [0.5, 0.6) is 5.75 Å². The summed E-state index contributed by atoms with van der Waals surface area (Å²) in [4.78, 5) is 31.6. The van der Waals surface area contributed by atoms with Crippen molar-refractivity contribution in [1.82, 2.24) is 19.6 Å². The summed E-state index contributed by atoms with van der Waals surface area (Å²) in [6.45, 7) is 1.82. The highest BCUT2D eigenvalue weighted by Gasteiger charge is 2.17. The van der Waals surface area contributed by atoms with Crippen LogP contribution < -0.4 is 10.4 Å². The smallest absolute Gasteiger partial charge is 0.383 e. The number of aryl methyl sites for hydroxylation is 1. The van der Waals surface area contributed by atoms with E-state index in [-0.39, 0.29) is 11.6 Å². The van der Waals surface area contributed by atoms with Gasteiger partial charge in [-0.2, -0.15) is 4.98 Å². The van der Waals surface area contributed by atoms with Crippen molar-refractivity contribution in [2.75, 3.05) is 0 Å². The van der Waals surface area contributed by atoms with Crippen LogP contribution in [-0.2, 0) is 0 Å². The summed E-state index contributed by atoms with van der Waals surface area (Å²) in [6.07, 6.45) is 1.58. The fraction of sp³-hybridized carbons (Fsp3) is 0.0625. The number of nitrogens with zero attached hydrogens (tertiary/aromatic N) is 4. The first kappa shape index (κ1) is 14.1. The van der Waals surface area contributed by atoms with Gasteiger partial charge in [-0.1, -0.05) is 0 Å². The number of carbonyl (C=O) groups excluding carboxylic acids is 1. The fourth-order valence-electron chi connectivity index (χ4n) is 2.25. The van der Waals surface area contributed by atoms with Gasteiger partial charge in [0.15, 0.2) is 0 Å². The van der Waals surface area contributed by atoms with Crippen LogP contribution in [0.1, 0.15) is 16.3 Å². The molecule has 3 aromatic heterocycles. The number of hydrogen-bond donors (Lipinski definition) is 0. The SMILES string of the molecule is Cc1ccnc2nc(C(=O)Oc3ccc4ccc(=O)oc4c3)nn12. The molecule has 0 saturated heterocycles. The molecule has 4 rings (SSSR count). The Hall–Kier alpha value is -3.55. The summed E-state index contributed by atoms with van der Waals surface area (Å²) in [5.74, 6) is -0.291. The van der Waals surface area contributed by atoms with E-state index in [1.807, 2.05) is 6.92 Å². The van der Waals surface area contributed by atoms with Gasteiger partial charge in [-0.15, -0.1) is 5.10 Å². The third kappa shape index (κ3) is 2.39. The zero-order valence-corrected chi connectivity index (χ0v) is 12.5. The van der Waals surface area contributed by atoms with Crippen LogP contribution in [0.3, 0.4) is 0 Å². The monoisotopic (exact) mass is 322 g/mol. The summed E-state index contributed by atoms with van der Waals surface area (Å²) < 4.78 is 11.8. The first-order chi connectivity index (χ1) is 11.6. The first-order valence-electron chi connectivity index (χ1n) is 7.05. The van der Waals surface area contributed by atoms with Gasteiger partial charge < -0.3 is 9.15 Å². The van der Waals surface area contributed by atoms with Crippen LogP contribution in [0.15, 0.2) is 51.8 Å². The molecule has 8 heteroatoms. The van der Waals surface area contributed by atoms with Crippen molar-refractivity contribution in [2.24, 2.45) is 0 Å². The van der Waals surface area contributed by atoms with Gasteiger partial charge in [0.25, 0.3) is 11.6 Å². The maximum absolute atomic E-state index is 12.2. The third-order valence-corrected chi connectivity index (χ3v) is 3.42. The number of benzene rings is 1. The molecule has 0 atom stereocenters. The molecule has 0 unspecified atom stereocenters. The lowest BCUT2D eigenvalue weighted by atomic mass is 10.2. The lowest BCUT2D eigenvalue weighted by Crippen LogP contribution is -2.11. The molecule has 0 radical (unpaired) electrons. The van der Waals surface area contributed by atoms with Crippen molar-refractivity contribution < 1.29 is 13.9 Å². The lowest BCUT2D eigenvalue weighted by molar-refractivity contribution is 0.0722. The van der Waals surface area contributed by atoms with Gasteiger partial charge in [-0.3, -0.25) is 0 Å². The van der Waals surface area contributed by atoms with Gasteiger partial charge in [0, 0.05) is 29.4 Å². The second kappa shape index (κ2) is 5.27. The Kier molecular flexibility index (Phi) is 3.09. The van der Waals surface area contributed by atoms with E-state index >= 15 is 0 Å². The predicted molar refractivity (Wildman–Crippen MR) is 83.0 cm³/mol. The topological polar surface area (TPSA) is 99.6 Å². The van der Waals surface area contributed by atoms with E-state index in [9.17, 15) is 9.59 Å². The molecule has 0 fully saturated rings. The second-order valence-electron chi connectivity index (χ2n) is 5.08. The standard InChI is InChI=1S/C16H10N4O4/c1-9-6-7-17-16-18-14(19-20(9)16)15(22)23-11-4-2-10-3-5-13(21)24-12(10)8-11/h2-8H,1H3. The van der Waals surface area contributed by atoms with Gasteiger partial charge >= 0.3 is 11.6 Å². The molecular weight excluding hydrogens is 312 g/mol. The summed E-state index contributed by atoms with van der Waals surface area (Å²) in [6, 6.07) is 9.45. The Morgan fingerprint density at radius 3 is 2.88 bits per heavy atom. The Morgan fingerprint density at radius 1 is 1.21 bits per heavy atom. The van der Waals surface area contributed by atoms with Crippen molar-refractivity contribution in [1.29, 1.82) is 0 Å². The number of rotatable bonds is 2. The molecule has 0 spiro atoms. The van der Waals surface area contributed by atoms with Crippen LogP contribution in [0, 0.1) is 6.92 Å². The summed E-state index contributed by atoms with van der Waals surface area (Å²) >= 11 is 0. The Balaban J connectivity index is 1.67. The zero-order chi connectivity index (χ0) is 16.7.